The molecule has 0 spiro atoms. The highest BCUT2D eigenvalue weighted by molar-refractivity contribution is 6.06. The molecule has 0 aliphatic rings. The Hall–Kier alpha value is -3.65. The van der Waals surface area contributed by atoms with E-state index in [1.54, 1.807) is 30.3 Å². The van der Waals surface area contributed by atoms with Crippen LogP contribution in [0.5, 0.6) is 5.75 Å². The van der Waals surface area contributed by atoms with E-state index in [2.05, 4.69) is 5.32 Å². The molecule has 0 unspecified atom stereocenters. The third kappa shape index (κ3) is 3.72. The van der Waals surface area contributed by atoms with Crippen LogP contribution in [0.25, 0.3) is 11.3 Å². The number of aliphatic hydroxyl groups excluding tert-OH is 1. The van der Waals surface area contributed by atoms with Crippen molar-refractivity contribution in [3.8, 4) is 17.1 Å². The number of anilines is 1. The molecule has 2 aromatic carbocycles. The third-order valence-corrected chi connectivity index (χ3v) is 4.29. The molecule has 0 fully saturated rings. The SMILES string of the molecule is COc1cc(NC(=O)c2cccc([N+](=O)[O-])c2C)ccc1-c1ccc(CO)o1. The monoisotopic (exact) mass is 382 g/mol. The Kier molecular flexibility index (Phi) is 5.42. The lowest BCUT2D eigenvalue weighted by atomic mass is 10.1. The number of ether oxygens (including phenoxy) is 1. The lowest BCUT2D eigenvalue weighted by molar-refractivity contribution is -0.385. The molecule has 0 aliphatic heterocycles. The Balaban J connectivity index is 1.88. The first-order chi connectivity index (χ1) is 13.4. The van der Waals surface area contributed by atoms with E-state index in [1.165, 1.54) is 32.2 Å². The van der Waals surface area contributed by atoms with E-state index in [0.717, 1.165) is 0 Å². The van der Waals surface area contributed by atoms with Gasteiger partial charge < -0.3 is 19.6 Å². The van der Waals surface area contributed by atoms with Gasteiger partial charge in [0, 0.05) is 28.9 Å². The number of carbonyl (C=O) groups is 1. The first-order valence-corrected chi connectivity index (χ1v) is 8.38. The number of rotatable bonds is 6. The van der Waals surface area contributed by atoms with E-state index in [-0.39, 0.29) is 17.9 Å². The van der Waals surface area contributed by atoms with Crippen LogP contribution in [0.1, 0.15) is 21.7 Å². The molecule has 28 heavy (non-hydrogen) atoms. The molecule has 0 atom stereocenters. The van der Waals surface area contributed by atoms with Gasteiger partial charge in [0.25, 0.3) is 11.6 Å². The van der Waals surface area contributed by atoms with Crippen LogP contribution in [-0.2, 0) is 6.61 Å². The van der Waals surface area contributed by atoms with Crippen LogP contribution >= 0.6 is 0 Å². The number of nitrogens with zero attached hydrogens (tertiary/aromatic N) is 1. The zero-order chi connectivity index (χ0) is 20.3. The van der Waals surface area contributed by atoms with Crippen molar-refractivity contribution in [3.05, 3.63) is 75.5 Å². The van der Waals surface area contributed by atoms with E-state index in [9.17, 15) is 14.9 Å². The number of amides is 1. The highest BCUT2D eigenvalue weighted by Crippen LogP contribution is 2.34. The van der Waals surface area contributed by atoms with Gasteiger partial charge in [-0.25, -0.2) is 0 Å². The standard InChI is InChI=1S/C20H18N2O6/c1-12-15(4-3-5-17(12)22(25)26)20(24)21-13-6-8-16(19(10-13)27-2)18-9-7-14(11-23)28-18/h3-10,23H,11H2,1-2H3,(H,21,24). The third-order valence-electron chi connectivity index (χ3n) is 4.29. The highest BCUT2D eigenvalue weighted by atomic mass is 16.6. The van der Waals surface area contributed by atoms with Gasteiger partial charge in [0.05, 0.1) is 17.6 Å². The summed E-state index contributed by atoms with van der Waals surface area (Å²) in [5.41, 5.74) is 1.52. The number of aliphatic hydroxyl groups is 1. The molecule has 3 aromatic rings. The van der Waals surface area contributed by atoms with Crippen LogP contribution in [0.4, 0.5) is 11.4 Å². The quantitative estimate of drug-likeness (QED) is 0.493. The largest absolute Gasteiger partial charge is 0.496 e. The van der Waals surface area contributed by atoms with Crippen LogP contribution < -0.4 is 10.1 Å². The van der Waals surface area contributed by atoms with Crippen molar-refractivity contribution in [3.63, 3.8) is 0 Å². The topological polar surface area (TPSA) is 115 Å². The summed E-state index contributed by atoms with van der Waals surface area (Å²) < 4.78 is 10.9. The molecule has 0 aliphatic carbocycles. The van der Waals surface area contributed by atoms with Gasteiger partial charge in [-0.1, -0.05) is 6.07 Å². The van der Waals surface area contributed by atoms with Gasteiger partial charge >= 0.3 is 0 Å². The number of nitrogens with one attached hydrogen (secondary N) is 1. The molecule has 1 heterocycles. The summed E-state index contributed by atoms with van der Waals surface area (Å²) >= 11 is 0. The van der Waals surface area contributed by atoms with Crippen LogP contribution in [0.15, 0.2) is 52.9 Å². The molecular formula is C20H18N2O6. The molecule has 2 N–H and O–H groups in total. The van der Waals surface area contributed by atoms with Gasteiger partial charge in [0.2, 0.25) is 0 Å². The molecule has 1 aromatic heterocycles. The Morgan fingerprint density at radius 2 is 2.04 bits per heavy atom. The summed E-state index contributed by atoms with van der Waals surface area (Å²) in [6, 6.07) is 12.7. The number of furan rings is 1. The maximum atomic E-state index is 12.6. The molecule has 3 rings (SSSR count). The van der Waals surface area contributed by atoms with Gasteiger partial charge in [-0.2, -0.15) is 0 Å². The van der Waals surface area contributed by atoms with Gasteiger partial charge in [-0.05, 0) is 37.3 Å². The second kappa shape index (κ2) is 7.93. The molecule has 1 amide bonds. The van der Waals surface area contributed by atoms with Crippen LogP contribution in [0.3, 0.4) is 0 Å². The average molecular weight is 382 g/mol. The van der Waals surface area contributed by atoms with Crippen molar-refractivity contribution < 1.29 is 24.0 Å². The van der Waals surface area contributed by atoms with E-state index < -0.39 is 10.8 Å². The summed E-state index contributed by atoms with van der Waals surface area (Å²) in [7, 11) is 1.49. The van der Waals surface area contributed by atoms with E-state index in [4.69, 9.17) is 14.3 Å². The molecular weight excluding hydrogens is 364 g/mol. The number of nitro groups is 1. The Labute approximate surface area is 160 Å². The minimum Gasteiger partial charge on any atom is -0.496 e. The Bertz CT molecular complexity index is 1040. The summed E-state index contributed by atoms with van der Waals surface area (Å²) in [6.07, 6.45) is 0. The molecule has 0 bridgehead atoms. The van der Waals surface area contributed by atoms with Gasteiger partial charge in [-0.15, -0.1) is 0 Å². The molecule has 0 saturated carbocycles. The normalized spacial score (nSPS) is 10.5. The minimum atomic E-state index is -0.520. The van der Waals surface area contributed by atoms with Crippen molar-refractivity contribution in [2.75, 3.05) is 12.4 Å². The second-order valence-corrected chi connectivity index (χ2v) is 6.00. The number of carbonyl (C=O) groups excluding carboxylic acids is 1. The van der Waals surface area contributed by atoms with E-state index in [0.29, 0.717) is 34.1 Å². The number of methoxy groups -OCH3 is 1. The molecule has 144 valence electrons. The first kappa shape index (κ1) is 19.1. The van der Waals surface area contributed by atoms with Crippen molar-refractivity contribution in [2.45, 2.75) is 13.5 Å². The smallest absolute Gasteiger partial charge is 0.273 e. The fourth-order valence-electron chi connectivity index (χ4n) is 2.85. The highest BCUT2D eigenvalue weighted by Gasteiger charge is 2.19. The number of nitro benzene ring substituents is 1. The van der Waals surface area contributed by atoms with Crippen molar-refractivity contribution in [1.82, 2.24) is 0 Å². The minimum absolute atomic E-state index is 0.113. The lowest BCUT2D eigenvalue weighted by Gasteiger charge is -2.11. The van der Waals surface area contributed by atoms with Crippen LogP contribution in [-0.4, -0.2) is 23.0 Å². The predicted octanol–water partition coefficient (Wildman–Crippen LogP) is 3.92. The molecule has 0 saturated heterocycles. The Morgan fingerprint density at radius 3 is 2.68 bits per heavy atom. The summed E-state index contributed by atoms with van der Waals surface area (Å²) in [5, 5.41) is 22.9. The maximum Gasteiger partial charge on any atom is 0.273 e. The van der Waals surface area contributed by atoms with Crippen molar-refractivity contribution >= 4 is 17.3 Å². The number of benzene rings is 2. The van der Waals surface area contributed by atoms with Gasteiger partial charge in [-0.3, -0.25) is 14.9 Å². The van der Waals surface area contributed by atoms with Crippen LogP contribution in [0, 0.1) is 17.0 Å². The molecule has 8 heteroatoms. The maximum absolute atomic E-state index is 12.6. The molecule has 8 nitrogen and oxygen atoms in total. The zero-order valence-electron chi connectivity index (χ0n) is 15.3. The number of hydrogen-bond donors (Lipinski definition) is 2. The van der Waals surface area contributed by atoms with Crippen molar-refractivity contribution in [1.29, 1.82) is 0 Å². The fraction of sp³-hybridized carbons (Fsp3) is 0.150. The predicted molar refractivity (Wildman–Crippen MR) is 102 cm³/mol. The summed E-state index contributed by atoms with van der Waals surface area (Å²) in [5.74, 6) is 0.952. The molecule has 0 radical (unpaired) electrons. The van der Waals surface area contributed by atoms with E-state index >= 15 is 0 Å². The lowest BCUT2D eigenvalue weighted by Crippen LogP contribution is -2.14. The Morgan fingerprint density at radius 1 is 1.25 bits per heavy atom. The number of hydrogen-bond acceptors (Lipinski definition) is 6. The average Bonchev–Trinajstić information content (AvgIpc) is 3.16. The van der Waals surface area contributed by atoms with E-state index in [1.807, 2.05) is 0 Å². The fourth-order valence-corrected chi connectivity index (χ4v) is 2.85. The summed E-state index contributed by atoms with van der Waals surface area (Å²) in [4.78, 5) is 23.1. The van der Waals surface area contributed by atoms with Crippen LogP contribution in [0.2, 0.25) is 0 Å². The van der Waals surface area contributed by atoms with Crippen molar-refractivity contribution in [2.24, 2.45) is 0 Å². The van der Waals surface area contributed by atoms with Gasteiger partial charge in [0.15, 0.2) is 0 Å². The zero-order valence-corrected chi connectivity index (χ0v) is 15.3. The summed E-state index contributed by atoms with van der Waals surface area (Å²) in [6.45, 7) is 1.32. The second-order valence-electron chi connectivity index (χ2n) is 6.00. The first-order valence-electron chi connectivity index (χ1n) is 8.38. The van der Waals surface area contributed by atoms with Gasteiger partial charge in [0.1, 0.15) is 23.9 Å².